The van der Waals surface area contributed by atoms with Crippen LogP contribution in [0.15, 0.2) is 22.8 Å². The number of nitrogens with two attached hydrogens (primary N) is 1. The molecule has 96 valence electrons. The van der Waals surface area contributed by atoms with Gasteiger partial charge in [-0.05, 0) is 59.3 Å². The van der Waals surface area contributed by atoms with Crippen LogP contribution in [0.5, 0.6) is 0 Å². The van der Waals surface area contributed by atoms with Gasteiger partial charge in [0, 0.05) is 16.4 Å². The van der Waals surface area contributed by atoms with Gasteiger partial charge in [-0.15, -0.1) is 0 Å². The van der Waals surface area contributed by atoms with Gasteiger partial charge in [-0.2, -0.15) is 0 Å². The maximum atomic E-state index is 6.00. The van der Waals surface area contributed by atoms with E-state index in [2.05, 4.69) is 46.9 Å². The average Bonchev–Trinajstić information content (AvgIpc) is 2.37. The summed E-state index contributed by atoms with van der Waals surface area (Å²) >= 11 is 3.41. The van der Waals surface area contributed by atoms with Gasteiger partial charge in [-0.3, -0.25) is 4.98 Å². The van der Waals surface area contributed by atoms with Crippen LogP contribution in [0.4, 0.5) is 0 Å². The van der Waals surface area contributed by atoms with E-state index in [1.54, 1.807) is 0 Å². The van der Waals surface area contributed by atoms with Crippen molar-refractivity contribution in [2.24, 2.45) is 11.1 Å². The van der Waals surface area contributed by atoms with Crippen LogP contribution in [-0.2, 0) is 6.42 Å². The Kier molecular flexibility index (Phi) is 6.14. The molecule has 0 fully saturated rings. The van der Waals surface area contributed by atoms with E-state index in [4.69, 9.17) is 5.73 Å². The van der Waals surface area contributed by atoms with Crippen LogP contribution in [0, 0.1) is 5.41 Å². The predicted molar refractivity (Wildman–Crippen MR) is 76.9 cm³/mol. The molecule has 0 radical (unpaired) electrons. The van der Waals surface area contributed by atoms with Crippen LogP contribution in [0.2, 0.25) is 0 Å². The highest BCUT2D eigenvalue weighted by molar-refractivity contribution is 9.10. The lowest BCUT2D eigenvalue weighted by atomic mass is 9.76. The van der Waals surface area contributed by atoms with E-state index in [0.29, 0.717) is 0 Å². The third-order valence-corrected chi connectivity index (χ3v) is 4.06. The zero-order valence-corrected chi connectivity index (χ0v) is 12.5. The molecule has 0 aromatic carbocycles. The molecule has 0 saturated carbocycles. The summed E-state index contributed by atoms with van der Waals surface area (Å²) in [7, 11) is 0. The molecule has 2 nitrogen and oxygen atoms in total. The van der Waals surface area contributed by atoms with E-state index in [1.165, 1.54) is 19.3 Å². The second-order valence-electron chi connectivity index (χ2n) is 4.81. The molecule has 1 unspecified atom stereocenters. The van der Waals surface area contributed by atoms with Gasteiger partial charge in [0.2, 0.25) is 0 Å². The van der Waals surface area contributed by atoms with Crippen molar-refractivity contribution < 1.29 is 0 Å². The van der Waals surface area contributed by atoms with Crippen molar-refractivity contribution in [2.45, 2.75) is 46.0 Å². The number of nitrogens with zero attached hydrogens (tertiary/aromatic N) is 1. The van der Waals surface area contributed by atoms with Gasteiger partial charge in [-0.1, -0.05) is 26.7 Å². The molecule has 0 amide bonds. The fourth-order valence-corrected chi connectivity index (χ4v) is 2.39. The summed E-state index contributed by atoms with van der Waals surface area (Å²) in [4.78, 5) is 4.46. The molecule has 3 heteroatoms. The van der Waals surface area contributed by atoms with Crippen LogP contribution in [0.25, 0.3) is 0 Å². The number of halogens is 1. The Balaban J connectivity index is 2.74. The minimum Gasteiger partial charge on any atom is -0.330 e. The number of rotatable bonds is 7. The molecule has 1 heterocycles. The second-order valence-corrected chi connectivity index (χ2v) is 5.72. The smallest absolute Gasteiger partial charge is 0.0413 e. The molecule has 1 aromatic rings. The minimum absolute atomic E-state index is 0.233. The Morgan fingerprint density at radius 1 is 1.35 bits per heavy atom. The Morgan fingerprint density at radius 3 is 2.59 bits per heavy atom. The van der Waals surface area contributed by atoms with Crippen molar-refractivity contribution in [3.63, 3.8) is 0 Å². The molecule has 0 saturated heterocycles. The van der Waals surface area contributed by atoms with Crippen LogP contribution < -0.4 is 5.73 Å². The van der Waals surface area contributed by atoms with Crippen molar-refractivity contribution in [2.75, 3.05) is 6.54 Å². The number of unbranched alkanes of at least 4 members (excludes halogenated alkanes) is 1. The lowest BCUT2D eigenvalue weighted by Crippen LogP contribution is -2.32. The lowest BCUT2D eigenvalue weighted by Gasteiger charge is -2.31. The zero-order chi connectivity index (χ0) is 12.7. The van der Waals surface area contributed by atoms with Gasteiger partial charge in [-0.25, -0.2) is 0 Å². The highest BCUT2D eigenvalue weighted by Gasteiger charge is 2.26. The van der Waals surface area contributed by atoms with E-state index >= 15 is 0 Å². The topological polar surface area (TPSA) is 38.9 Å². The summed E-state index contributed by atoms with van der Waals surface area (Å²) < 4.78 is 1.03. The number of hydrogen-bond acceptors (Lipinski definition) is 2. The summed E-state index contributed by atoms with van der Waals surface area (Å²) in [5.74, 6) is 0. The van der Waals surface area contributed by atoms with E-state index in [0.717, 1.165) is 29.6 Å². The molecular weight excluding hydrogens is 276 g/mol. The zero-order valence-electron chi connectivity index (χ0n) is 10.9. The van der Waals surface area contributed by atoms with Crippen molar-refractivity contribution in [3.05, 3.63) is 28.5 Å². The Labute approximate surface area is 113 Å². The first-order valence-corrected chi connectivity index (χ1v) is 7.25. The first kappa shape index (κ1) is 14.7. The highest BCUT2D eigenvalue weighted by atomic mass is 79.9. The van der Waals surface area contributed by atoms with E-state index in [-0.39, 0.29) is 5.41 Å². The monoisotopic (exact) mass is 298 g/mol. The largest absolute Gasteiger partial charge is 0.330 e. The molecule has 17 heavy (non-hydrogen) atoms. The predicted octanol–water partition coefficient (Wildman–Crippen LogP) is 3.93. The maximum absolute atomic E-state index is 6.00. The van der Waals surface area contributed by atoms with Gasteiger partial charge in [0.25, 0.3) is 0 Å². The highest BCUT2D eigenvalue weighted by Crippen LogP contribution is 2.31. The van der Waals surface area contributed by atoms with Gasteiger partial charge in [0.1, 0.15) is 0 Å². The van der Waals surface area contributed by atoms with Crippen molar-refractivity contribution in [1.82, 2.24) is 4.98 Å². The normalized spacial score (nSPS) is 14.6. The molecule has 0 bridgehead atoms. The number of aromatic nitrogens is 1. The molecule has 1 atom stereocenters. The van der Waals surface area contributed by atoms with Gasteiger partial charge >= 0.3 is 0 Å². The summed E-state index contributed by atoms with van der Waals surface area (Å²) in [6.45, 7) is 5.22. The van der Waals surface area contributed by atoms with Crippen LogP contribution in [0.3, 0.4) is 0 Å². The summed E-state index contributed by atoms with van der Waals surface area (Å²) in [5, 5.41) is 0. The molecule has 2 N–H and O–H groups in total. The Hall–Kier alpha value is -0.410. The summed E-state index contributed by atoms with van der Waals surface area (Å²) in [6, 6.07) is 4.15. The SMILES string of the molecule is CCCCC(CC)(CN)Cc1ccc(Br)cn1. The van der Waals surface area contributed by atoms with Crippen LogP contribution >= 0.6 is 15.9 Å². The molecule has 0 aliphatic carbocycles. The second kappa shape index (κ2) is 7.12. The first-order chi connectivity index (χ1) is 8.15. The molecule has 0 spiro atoms. The van der Waals surface area contributed by atoms with Crippen LogP contribution in [-0.4, -0.2) is 11.5 Å². The van der Waals surface area contributed by atoms with E-state index < -0.39 is 0 Å². The molecule has 1 rings (SSSR count). The van der Waals surface area contributed by atoms with Gasteiger partial charge < -0.3 is 5.73 Å². The van der Waals surface area contributed by atoms with Crippen molar-refractivity contribution >= 4 is 15.9 Å². The third kappa shape index (κ3) is 4.40. The van der Waals surface area contributed by atoms with Crippen molar-refractivity contribution in [3.8, 4) is 0 Å². The average molecular weight is 299 g/mol. The Morgan fingerprint density at radius 2 is 2.12 bits per heavy atom. The molecule has 0 aliphatic rings. The molecule has 0 aliphatic heterocycles. The minimum atomic E-state index is 0.233. The van der Waals surface area contributed by atoms with E-state index in [9.17, 15) is 0 Å². The Bertz CT molecular complexity index is 317. The number of hydrogen-bond donors (Lipinski definition) is 1. The van der Waals surface area contributed by atoms with E-state index in [1.807, 2.05) is 6.20 Å². The molecular formula is C14H23BrN2. The van der Waals surface area contributed by atoms with Crippen molar-refractivity contribution in [1.29, 1.82) is 0 Å². The fraction of sp³-hybridized carbons (Fsp3) is 0.643. The standard InChI is InChI=1S/C14H23BrN2/c1-3-5-8-14(4-2,11-16)9-13-7-6-12(15)10-17-13/h6-7,10H,3-5,8-9,11,16H2,1-2H3. The third-order valence-electron chi connectivity index (χ3n) is 3.59. The first-order valence-electron chi connectivity index (χ1n) is 6.46. The maximum Gasteiger partial charge on any atom is 0.0413 e. The lowest BCUT2D eigenvalue weighted by molar-refractivity contribution is 0.249. The molecule has 1 aromatic heterocycles. The van der Waals surface area contributed by atoms with Gasteiger partial charge in [0.15, 0.2) is 0 Å². The quantitative estimate of drug-likeness (QED) is 0.828. The van der Waals surface area contributed by atoms with Gasteiger partial charge in [0.05, 0.1) is 0 Å². The fourth-order valence-electron chi connectivity index (χ4n) is 2.16. The summed E-state index contributed by atoms with van der Waals surface area (Å²) in [5.41, 5.74) is 7.38. The summed E-state index contributed by atoms with van der Waals surface area (Å²) in [6.07, 6.45) is 7.67. The number of pyridine rings is 1. The van der Waals surface area contributed by atoms with Crippen LogP contribution in [0.1, 0.15) is 45.2 Å².